The zero-order valence-electron chi connectivity index (χ0n) is 8.24. The van der Waals surface area contributed by atoms with Crippen molar-refractivity contribution in [3.05, 3.63) is 27.3 Å². The van der Waals surface area contributed by atoms with E-state index in [0.29, 0.717) is 3.57 Å². The van der Waals surface area contributed by atoms with Crippen molar-refractivity contribution in [2.75, 3.05) is 6.61 Å². The van der Waals surface area contributed by atoms with E-state index in [9.17, 15) is 13.2 Å². The molecule has 0 aliphatic heterocycles. The van der Waals surface area contributed by atoms with Crippen molar-refractivity contribution in [3.63, 3.8) is 0 Å². The van der Waals surface area contributed by atoms with Gasteiger partial charge in [0.2, 0.25) is 0 Å². The Kier molecular flexibility index (Phi) is 4.57. The van der Waals surface area contributed by atoms with Gasteiger partial charge in [0.25, 0.3) is 9.05 Å². The van der Waals surface area contributed by atoms with Crippen LogP contribution in [-0.2, 0) is 13.8 Å². The van der Waals surface area contributed by atoms with E-state index in [1.807, 2.05) is 22.6 Å². The summed E-state index contributed by atoms with van der Waals surface area (Å²) in [7, 11) is 1.36. The molecule has 1 rings (SSSR count). The molecule has 0 bridgehead atoms. The predicted octanol–water partition coefficient (Wildman–Crippen LogP) is 2.40. The molecule has 16 heavy (non-hydrogen) atoms. The minimum atomic E-state index is -3.84. The van der Waals surface area contributed by atoms with E-state index in [-0.39, 0.29) is 17.1 Å². The van der Waals surface area contributed by atoms with Gasteiger partial charge in [0.1, 0.15) is 0 Å². The van der Waals surface area contributed by atoms with Crippen LogP contribution in [0.1, 0.15) is 17.3 Å². The highest BCUT2D eigenvalue weighted by Gasteiger charge is 2.15. The molecule has 0 amide bonds. The molecule has 0 heterocycles. The number of hydrogen-bond acceptors (Lipinski definition) is 4. The van der Waals surface area contributed by atoms with Crippen LogP contribution in [0.2, 0.25) is 0 Å². The second-order valence-electron chi connectivity index (χ2n) is 2.83. The summed E-state index contributed by atoms with van der Waals surface area (Å²) in [5.41, 5.74) is 0.174. The number of rotatable bonds is 3. The summed E-state index contributed by atoms with van der Waals surface area (Å²) in [5.74, 6) is -0.567. The molecule has 4 nitrogen and oxygen atoms in total. The van der Waals surface area contributed by atoms with Crippen LogP contribution in [0.15, 0.2) is 23.1 Å². The molecule has 0 radical (unpaired) electrons. The van der Waals surface area contributed by atoms with Crippen molar-refractivity contribution in [1.29, 1.82) is 0 Å². The highest BCUT2D eigenvalue weighted by atomic mass is 127. The van der Waals surface area contributed by atoms with Crippen molar-refractivity contribution < 1.29 is 17.9 Å². The molecule has 0 saturated heterocycles. The normalized spacial score (nSPS) is 11.2. The van der Waals surface area contributed by atoms with E-state index in [1.165, 1.54) is 18.2 Å². The van der Waals surface area contributed by atoms with Gasteiger partial charge in [-0.15, -0.1) is 0 Å². The van der Waals surface area contributed by atoms with Crippen molar-refractivity contribution in [3.8, 4) is 0 Å². The molecule has 0 aromatic heterocycles. The van der Waals surface area contributed by atoms with E-state index >= 15 is 0 Å². The van der Waals surface area contributed by atoms with E-state index in [2.05, 4.69) is 0 Å². The van der Waals surface area contributed by atoms with E-state index in [1.54, 1.807) is 6.92 Å². The molecule has 0 fully saturated rings. The van der Waals surface area contributed by atoms with Crippen molar-refractivity contribution in [2.24, 2.45) is 0 Å². The quantitative estimate of drug-likeness (QED) is 0.463. The number of ether oxygens (including phenoxy) is 1. The largest absolute Gasteiger partial charge is 0.462 e. The first-order chi connectivity index (χ1) is 7.34. The van der Waals surface area contributed by atoms with Crippen LogP contribution in [-0.4, -0.2) is 21.0 Å². The van der Waals surface area contributed by atoms with Gasteiger partial charge in [-0.3, -0.25) is 0 Å². The number of carbonyl (C=O) groups excluding carboxylic acids is 1. The SMILES string of the molecule is CCOC(=O)c1cc(I)cc(S(=O)(=O)Cl)c1. The number of carbonyl (C=O) groups is 1. The Balaban J connectivity index is 3.24. The predicted molar refractivity (Wildman–Crippen MR) is 68.2 cm³/mol. The Bertz CT molecular complexity index is 512. The fourth-order valence-electron chi connectivity index (χ4n) is 1.04. The first-order valence-corrected chi connectivity index (χ1v) is 7.65. The summed E-state index contributed by atoms with van der Waals surface area (Å²) < 4.78 is 27.6. The van der Waals surface area contributed by atoms with Crippen LogP contribution in [0.4, 0.5) is 0 Å². The first-order valence-electron chi connectivity index (χ1n) is 4.27. The molecule has 88 valence electrons. The number of hydrogen-bond donors (Lipinski definition) is 0. The van der Waals surface area contributed by atoms with Crippen LogP contribution < -0.4 is 0 Å². The summed E-state index contributed by atoms with van der Waals surface area (Å²) in [6, 6.07) is 4.11. The van der Waals surface area contributed by atoms with Gasteiger partial charge in [-0.2, -0.15) is 0 Å². The molecule has 0 saturated carbocycles. The summed E-state index contributed by atoms with van der Waals surface area (Å²) in [5, 5.41) is 0. The molecule has 7 heteroatoms. The zero-order chi connectivity index (χ0) is 12.3. The highest BCUT2D eigenvalue weighted by Crippen LogP contribution is 2.20. The fraction of sp³-hybridized carbons (Fsp3) is 0.222. The third-order valence-electron chi connectivity index (χ3n) is 1.66. The summed E-state index contributed by atoms with van der Waals surface area (Å²) in [6.45, 7) is 1.90. The van der Waals surface area contributed by atoms with Gasteiger partial charge in [-0.05, 0) is 47.7 Å². The smallest absolute Gasteiger partial charge is 0.338 e. The van der Waals surface area contributed by atoms with Crippen LogP contribution in [0.25, 0.3) is 0 Å². The van der Waals surface area contributed by atoms with Crippen molar-refractivity contribution >= 4 is 48.3 Å². The summed E-state index contributed by atoms with van der Waals surface area (Å²) in [6.07, 6.45) is 0. The Hall–Kier alpha value is -0.340. The molecule has 0 N–H and O–H groups in total. The lowest BCUT2D eigenvalue weighted by molar-refractivity contribution is 0.0526. The highest BCUT2D eigenvalue weighted by molar-refractivity contribution is 14.1. The lowest BCUT2D eigenvalue weighted by Crippen LogP contribution is -2.06. The Morgan fingerprint density at radius 2 is 2.06 bits per heavy atom. The molecule has 0 atom stereocenters. The summed E-state index contributed by atoms with van der Waals surface area (Å²) in [4.78, 5) is 11.3. The topological polar surface area (TPSA) is 60.4 Å². The molecule has 1 aromatic carbocycles. The second-order valence-corrected chi connectivity index (χ2v) is 6.65. The third-order valence-corrected chi connectivity index (χ3v) is 3.62. The molecule has 1 aromatic rings. The first kappa shape index (κ1) is 13.7. The maximum Gasteiger partial charge on any atom is 0.338 e. The summed E-state index contributed by atoms with van der Waals surface area (Å²) >= 11 is 1.90. The standard InChI is InChI=1S/C9H8ClIO4S/c1-2-15-9(12)6-3-7(11)5-8(4-6)16(10,13)14/h3-5H,2H2,1H3. The van der Waals surface area contributed by atoms with Crippen molar-refractivity contribution in [1.82, 2.24) is 0 Å². The second kappa shape index (κ2) is 5.33. The zero-order valence-corrected chi connectivity index (χ0v) is 12.0. The molecule has 0 aliphatic carbocycles. The van der Waals surface area contributed by atoms with E-state index in [4.69, 9.17) is 15.4 Å². The maximum atomic E-state index is 11.4. The number of halogens is 2. The lowest BCUT2D eigenvalue weighted by Gasteiger charge is -2.04. The lowest BCUT2D eigenvalue weighted by atomic mass is 10.2. The van der Waals surface area contributed by atoms with Gasteiger partial charge >= 0.3 is 5.97 Å². The molecule has 0 aliphatic rings. The number of benzene rings is 1. The molecule has 0 unspecified atom stereocenters. The van der Waals surface area contributed by atoms with E-state index < -0.39 is 15.0 Å². The van der Waals surface area contributed by atoms with E-state index in [0.717, 1.165) is 0 Å². The maximum absolute atomic E-state index is 11.4. The van der Waals surface area contributed by atoms with Crippen LogP contribution >= 0.6 is 33.3 Å². The Morgan fingerprint density at radius 3 is 2.56 bits per heavy atom. The average molecular weight is 375 g/mol. The van der Waals surface area contributed by atoms with Crippen LogP contribution in [0.5, 0.6) is 0 Å². The minimum Gasteiger partial charge on any atom is -0.462 e. The molecule has 0 spiro atoms. The van der Waals surface area contributed by atoms with Gasteiger partial charge < -0.3 is 4.74 Å². The average Bonchev–Trinajstić information content (AvgIpc) is 2.16. The third kappa shape index (κ3) is 3.60. The van der Waals surface area contributed by atoms with Gasteiger partial charge in [0, 0.05) is 14.3 Å². The Morgan fingerprint density at radius 1 is 1.44 bits per heavy atom. The van der Waals surface area contributed by atoms with Gasteiger partial charge in [0.15, 0.2) is 0 Å². The van der Waals surface area contributed by atoms with Gasteiger partial charge in [0.05, 0.1) is 17.1 Å². The number of esters is 1. The van der Waals surface area contributed by atoms with Gasteiger partial charge in [-0.25, -0.2) is 13.2 Å². The Labute approximate surface area is 111 Å². The van der Waals surface area contributed by atoms with Crippen LogP contribution in [0, 0.1) is 3.57 Å². The van der Waals surface area contributed by atoms with Gasteiger partial charge in [-0.1, -0.05) is 0 Å². The minimum absolute atomic E-state index is 0.107. The van der Waals surface area contributed by atoms with Crippen LogP contribution in [0.3, 0.4) is 0 Å². The molecular weight excluding hydrogens is 367 g/mol. The fourth-order valence-corrected chi connectivity index (χ4v) is 2.72. The molecular formula is C9H8ClIO4S. The monoisotopic (exact) mass is 374 g/mol. The van der Waals surface area contributed by atoms with Crippen molar-refractivity contribution in [2.45, 2.75) is 11.8 Å².